The van der Waals surface area contributed by atoms with E-state index in [9.17, 15) is 17.6 Å². The van der Waals surface area contributed by atoms with Crippen LogP contribution in [-0.4, -0.2) is 60.6 Å². The fraction of sp³-hybridized carbons (Fsp3) is 0.350. The number of anilines is 1. The van der Waals surface area contributed by atoms with Gasteiger partial charge in [-0.2, -0.15) is 4.98 Å². The Hall–Kier alpha value is -2.60. The molecular formula is C20H22ClFN6O3S. The Morgan fingerprint density at radius 3 is 2.69 bits per heavy atom. The van der Waals surface area contributed by atoms with E-state index >= 15 is 0 Å². The van der Waals surface area contributed by atoms with Gasteiger partial charge >= 0.3 is 5.69 Å². The van der Waals surface area contributed by atoms with Crippen LogP contribution in [0, 0.1) is 5.82 Å². The third-order valence-electron chi connectivity index (χ3n) is 5.40. The Morgan fingerprint density at radius 2 is 2.00 bits per heavy atom. The van der Waals surface area contributed by atoms with Crippen molar-refractivity contribution in [3.8, 4) is 5.69 Å². The highest BCUT2D eigenvalue weighted by Crippen LogP contribution is 2.29. The Labute approximate surface area is 189 Å². The number of hydrogen-bond donors (Lipinski definition) is 1. The van der Waals surface area contributed by atoms with Crippen molar-refractivity contribution in [2.45, 2.75) is 18.7 Å². The van der Waals surface area contributed by atoms with E-state index in [1.54, 1.807) is 18.2 Å². The molecule has 0 amide bonds. The summed E-state index contributed by atoms with van der Waals surface area (Å²) >= 11 is 5.97. The van der Waals surface area contributed by atoms with Crippen LogP contribution in [-0.2, 0) is 15.8 Å². The fourth-order valence-corrected chi connectivity index (χ4v) is 4.79. The standard InChI is InChI=1S/C20H22ClFN6O3S/c1-12-10-26(2)6-7-27(12)18-15-9-16(22)17(21)24-19(15)28(20(29)25-18)14-5-3-4-13(8-14)11-32(23,30)31/h3-5,8-9,12H,6-7,10-11H2,1-2H3,(H2,23,30,31)/t12-/m1/s1. The molecule has 12 heteroatoms. The topological polar surface area (TPSA) is 114 Å². The quantitative estimate of drug-likeness (QED) is 0.563. The van der Waals surface area contributed by atoms with E-state index < -0.39 is 27.3 Å². The normalized spacial score (nSPS) is 17.8. The van der Waals surface area contributed by atoms with Gasteiger partial charge in [0.15, 0.2) is 16.6 Å². The SMILES string of the molecule is C[C@@H]1CN(C)CCN1c1nc(=O)n(-c2cccc(CS(N)(=O)=O)c2)c2nc(Cl)c(F)cc12. The highest BCUT2D eigenvalue weighted by molar-refractivity contribution is 7.88. The second-order valence-corrected chi connectivity index (χ2v) is 9.94. The van der Waals surface area contributed by atoms with Gasteiger partial charge in [0.05, 0.1) is 16.8 Å². The van der Waals surface area contributed by atoms with Crippen LogP contribution >= 0.6 is 11.6 Å². The number of halogens is 2. The molecule has 0 bridgehead atoms. The molecule has 0 radical (unpaired) electrons. The maximum atomic E-state index is 14.4. The third kappa shape index (κ3) is 4.46. The van der Waals surface area contributed by atoms with Crippen molar-refractivity contribution in [3.05, 3.63) is 57.3 Å². The molecule has 3 aromatic rings. The molecule has 0 saturated carbocycles. The van der Waals surface area contributed by atoms with Crippen LogP contribution in [0.3, 0.4) is 0 Å². The first kappa shape index (κ1) is 22.6. The summed E-state index contributed by atoms with van der Waals surface area (Å²) < 4.78 is 38.6. The van der Waals surface area contributed by atoms with Gasteiger partial charge in [-0.15, -0.1) is 0 Å². The van der Waals surface area contributed by atoms with Crippen molar-refractivity contribution in [1.82, 2.24) is 19.4 Å². The average molecular weight is 481 g/mol. The molecule has 0 spiro atoms. The highest BCUT2D eigenvalue weighted by Gasteiger charge is 2.27. The van der Waals surface area contributed by atoms with E-state index in [2.05, 4.69) is 14.9 Å². The predicted octanol–water partition coefficient (Wildman–Crippen LogP) is 1.50. The van der Waals surface area contributed by atoms with Gasteiger partial charge in [-0.1, -0.05) is 23.7 Å². The third-order valence-corrected chi connectivity index (χ3v) is 6.40. The average Bonchev–Trinajstić information content (AvgIpc) is 2.68. The van der Waals surface area contributed by atoms with Crippen molar-refractivity contribution in [2.75, 3.05) is 31.6 Å². The van der Waals surface area contributed by atoms with Gasteiger partial charge in [0.1, 0.15) is 5.82 Å². The molecule has 1 aliphatic rings. The van der Waals surface area contributed by atoms with Crippen molar-refractivity contribution in [1.29, 1.82) is 0 Å². The van der Waals surface area contributed by atoms with Gasteiger partial charge in [0.25, 0.3) is 0 Å². The zero-order valence-electron chi connectivity index (χ0n) is 17.5. The van der Waals surface area contributed by atoms with Crippen LogP contribution in [0.1, 0.15) is 12.5 Å². The molecule has 170 valence electrons. The fourth-order valence-electron chi connectivity index (χ4n) is 4.01. The first-order valence-electron chi connectivity index (χ1n) is 9.87. The Bertz CT molecular complexity index is 1360. The smallest absolute Gasteiger partial charge is 0.351 e. The number of fused-ring (bicyclic) bond motifs is 1. The lowest BCUT2D eigenvalue weighted by Crippen LogP contribution is -2.51. The number of primary sulfonamides is 1. The molecule has 4 rings (SSSR count). The van der Waals surface area contributed by atoms with Crippen molar-refractivity contribution < 1.29 is 12.8 Å². The summed E-state index contributed by atoms with van der Waals surface area (Å²) in [6, 6.07) is 7.54. The highest BCUT2D eigenvalue weighted by atomic mass is 35.5. The number of likely N-dealkylation sites (N-methyl/N-ethyl adjacent to an activating group) is 1. The van der Waals surface area contributed by atoms with Crippen LogP contribution in [0.15, 0.2) is 35.1 Å². The van der Waals surface area contributed by atoms with Crippen LogP contribution in [0.25, 0.3) is 16.7 Å². The lowest BCUT2D eigenvalue weighted by Gasteiger charge is -2.39. The van der Waals surface area contributed by atoms with E-state index in [0.717, 1.165) is 13.1 Å². The van der Waals surface area contributed by atoms with E-state index in [4.69, 9.17) is 16.7 Å². The molecular weight excluding hydrogens is 459 g/mol. The molecule has 9 nitrogen and oxygen atoms in total. The number of sulfonamides is 1. The van der Waals surface area contributed by atoms with Crippen LogP contribution in [0.4, 0.5) is 10.2 Å². The van der Waals surface area contributed by atoms with Gasteiger partial charge in [-0.05, 0) is 37.7 Å². The number of nitrogens with two attached hydrogens (primary N) is 1. The van der Waals surface area contributed by atoms with E-state index in [0.29, 0.717) is 29.0 Å². The minimum Gasteiger partial charge on any atom is -0.351 e. The van der Waals surface area contributed by atoms with Crippen LogP contribution < -0.4 is 15.7 Å². The summed E-state index contributed by atoms with van der Waals surface area (Å²) in [6.07, 6.45) is 0. The summed E-state index contributed by atoms with van der Waals surface area (Å²) in [4.78, 5) is 25.7. The molecule has 1 atom stereocenters. The maximum absolute atomic E-state index is 14.4. The monoisotopic (exact) mass is 480 g/mol. The first-order chi connectivity index (χ1) is 15.0. The first-order valence-corrected chi connectivity index (χ1v) is 12.0. The number of nitrogens with zero attached hydrogens (tertiary/aromatic N) is 5. The summed E-state index contributed by atoms with van der Waals surface area (Å²) in [6.45, 7) is 4.13. The summed E-state index contributed by atoms with van der Waals surface area (Å²) in [5, 5.41) is 5.10. The number of aromatic nitrogens is 3. The van der Waals surface area contributed by atoms with Gasteiger partial charge in [0, 0.05) is 25.7 Å². The Balaban J connectivity index is 1.94. The van der Waals surface area contributed by atoms with Gasteiger partial charge in [0.2, 0.25) is 10.0 Å². The van der Waals surface area contributed by atoms with Crippen LogP contribution in [0.5, 0.6) is 0 Å². The van der Waals surface area contributed by atoms with Crippen LogP contribution in [0.2, 0.25) is 5.15 Å². The molecule has 1 fully saturated rings. The Kier molecular flexibility index (Phi) is 5.93. The molecule has 1 saturated heterocycles. The van der Waals surface area contributed by atoms with Gasteiger partial charge in [-0.3, -0.25) is 0 Å². The van der Waals surface area contributed by atoms with Gasteiger partial charge in [-0.25, -0.2) is 32.3 Å². The maximum Gasteiger partial charge on any atom is 0.355 e. The second-order valence-electron chi connectivity index (χ2n) is 7.97. The number of piperazine rings is 1. The van der Waals surface area contributed by atoms with E-state index in [1.807, 2.05) is 18.9 Å². The number of benzene rings is 1. The molecule has 2 N–H and O–H groups in total. The number of pyridine rings is 1. The molecule has 0 unspecified atom stereocenters. The molecule has 0 aliphatic carbocycles. The summed E-state index contributed by atoms with van der Waals surface area (Å²) in [5.74, 6) is -0.788. The number of hydrogen-bond acceptors (Lipinski definition) is 7. The van der Waals surface area contributed by atoms with Crippen molar-refractivity contribution >= 4 is 38.5 Å². The van der Waals surface area contributed by atoms with Crippen molar-refractivity contribution in [2.24, 2.45) is 5.14 Å². The largest absolute Gasteiger partial charge is 0.355 e. The molecule has 3 heterocycles. The lowest BCUT2D eigenvalue weighted by molar-refractivity contribution is 0.275. The van der Waals surface area contributed by atoms with E-state index in [1.165, 1.54) is 16.7 Å². The van der Waals surface area contributed by atoms with Crippen molar-refractivity contribution in [3.63, 3.8) is 0 Å². The summed E-state index contributed by atoms with van der Waals surface area (Å²) in [7, 11) is -1.77. The predicted molar refractivity (Wildman–Crippen MR) is 121 cm³/mol. The Morgan fingerprint density at radius 1 is 1.25 bits per heavy atom. The van der Waals surface area contributed by atoms with E-state index in [-0.39, 0.29) is 16.8 Å². The zero-order valence-corrected chi connectivity index (χ0v) is 19.1. The second kappa shape index (κ2) is 8.39. The number of rotatable bonds is 4. The lowest BCUT2D eigenvalue weighted by atomic mass is 10.1. The minimum atomic E-state index is -3.77. The molecule has 1 aromatic carbocycles. The molecule has 1 aliphatic heterocycles. The molecule has 2 aromatic heterocycles. The molecule has 32 heavy (non-hydrogen) atoms. The summed E-state index contributed by atoms with van der Waals surface area (Å²) in [5.41, 5.74) is 0.198. The zero-order chi connectivity index (χ0) is 23.2. The van der Waals surface area contributed by atoms with Gasteiger partial charge < -0.3 is 9.80 Å². The minimum absolute atomic E-state index is 0.0385.